The van der Waals surface area contributed by atoms with E-state index in [1.165, 1.54) is 7.11 Å². The fourth-order valence-electron chi connectivity index (χ4n) is 1.78. The lowest BCUT2D eigenvalue weighted by Gasteiger charge is -2.16. The maximum atomic E-state index is 11.9. The molecule has 6 heteroatoms. The van der Waals surface area contributed by atoms with Gasteiger partial charge in [0.2, 0.25) is 5.89 Å². The zero-order chi connectivity index (χ0) is 14.5. The van der Waals surface area contributed by atoms with Crippen molar-refractivity contribution >= 4 is 21.9 Å². The Morgan fingerprint density at radius 1 is 1.45 bits per heavy atom. The van der Waals surface area contributed by atoms with Crippen molar-refractivity contribution in [3.05, 3.63) is 52.1 Å². The van der Waals surface area contributed by atoms with Crippen molar-refractivity contribution in [1.82, 2.24) is 10.3 Å². The highest BCUT2D eigenvalue weighted by Gasteiger charge is 2.21. The number of hydrogen-bond donors (Lipinski definition) is 1. The third-order valence-corrected chi connectivity index (χ3v) is 3.30. The molecule has 1 unspecified atom stereocenters. The maximum absolute atomic E-state index is 11.9. The second-order valence-corrected chi connectivity index (χ2v) is 5.17. The van der Waals surface area contributed by atoms with Gasteiger partial charge in [0.05, 0.1) is 19.9 Å². The summed E-state index contributed by atoms with van der Waals surface area (Å²) >= 11 is 3.37. The molecule has 1 aromatic heterocycles. The first-order valence-corrected chi connectivity index (χ1v) is 6.87. The summed E-state index contributed by atoms with van der Waals surface area (Å²) < 4.78 is 11.1. The average molecular weight is 339 g/mol. The third-order valence-electron chi connectivity index (χ3n) is 2.77. The third kappa shape index (κ3) is 3.68. The van der Waals surface area contributed by atoms with Crippen LogP contribution in [-0.2, 0) is 16.1 Å². The predicted molar refractivity (Wildman–Crippen MR) is 77.0 cm³/mol. The van der Waals surface area contributed by atoms with Gasteiger partial charge in [-0.15, -0.1) is 0 Å². The predicted octanol–water partition coefficient (Wildman–Crippen LogP) is 2.75. The molecule has 0 fully saturated rings. The Kier molecular flexibility index (Phi) is 4.92. The Bertz CT molecular complexity index is 580. The van der Waals surface area contributed by atoms with Gasteiger partial charge < -0.3 is 9.15 Å². The molecule has 1 heterocycles. The molecule has 0 amide bonds. The Hall–Kier alpha value is -1.66. The van der Waals surface area contributed by atoms with E-state index in [9.17, 15) is 4.79 Å². The van der Waals surface area contributed by atoms with Crippen molar-refractivity contribution in [3.8, 4) is 0 Å². The first kappa shape index (κ1) is 14.7. The van der Waals surface area contributed by atoms with Crippen LogP contribution in [0.25, 0.3) is 0 Å². The molecule has 2 rings (SSSR count). The highest BCUT2D eigenvalue weighted by atomic mass is 79.9. The molecule has 1 aromatic carbocycles. The Morgan fingerprint density at radius 2 is 2.15 bits per heavy atom. The minimum absolute atomic E-state index is 0.351. The molecule has 0 aliphatic carbocycles. The standard InChI is InChI=1S/C14H15BrN2O3/c1-9-7-16-12(20-9)8-17-13(14(18)19-2)10-3-5-11(15)6-4-10/h3-7,13,17H,8H2,1-2H3. The molecule has 106 valence electrons. The van der Waals surface area contributed by atoms with Crippen LogP contribution in [0.15, 0.2) is 39.4 Å². The largest absolute Gasteiger partial charge is 0.468 e. The lowest BCUT2D eigenvalue weighted by molar-refractivity contribution is -0.143. The second kappa shape index (κ2) is 6.67. The summed E-state index contributed by atoms with van der Waals surface area (Å²) in [7, 11) is 1.37. The van der Waals surface area contributed by atoms with Crippen LogP contribution in [0.5, 0.6) is 0 Å². The summed E-state index contributed by atoms with van der Waals surface area (Å²) in [5.74, 6) is 0.921. The van der Waals surface area contributed by atoms with Gasteiger partial charge in [-0.05, 0) is 24.6 Å². The number of hydrogen-bond acceptors (Lipinski definition) is 5. The summed E-state index contributed by atoms with van der Waals surface area (Å²) in [5, 5.41) is 3.09. The van der Waals surface area contributed by atoms with E-state index in [4.69, 9.17) is 9.15 Å². The number of methoxy groups -OCH3 is 1. The number of ether oxygens (including phenoxy) is 1. The number of oxazole rings is 1. The van der Waals surface area contributed by atoms with E-state index in [-0.39, 0.29) is 5.97 Å². The molecule has 0 aliphatic rings. The van der Waals surface area contributed by atoms with Gasteiger partial charge in [0.15, 0.2) is 0 Å². The summed E-state index contributed by atoms with van der Waals surface area (Å²) in [6, 6.07) is 6.92. The van der Waals surface area contributed by atoms with Crippen LogP contribution in [-0.4, -0.2) is 18.1 Å². The van der Waals surface area contributed by atoms with Crippen LogP contribution in [0.3, 0.4) is 0 Å². The molecular formula is C14H15BrN2O3. The van der Waals surface area contributed by atoms with Gasteiger partial charge in [0.25, 0.3) is 0 Å². The minimum Gasteiger partial charge on any atom is -0.468 e. The van der Waals surface area contributed by atoms with Crippen molar-refractivity contribution < 1.29 is 13.9 Å². The zero-order valence-electron chi connectivity index (χ0n) is 11.2. The number of nitrogens with one attached hydrogen (secondary N) is 1. The number of carbonyl (C=O) groups excluding carboxylic acids is 1. The molecule has 1 N–H and O–H groups in total. The molecule has 0 bridgehead atoms. The number of benzene rings is 1. The van der Waals surface area contributed by atoms with E-state index in [2.05, 4.69) is 26.2 Å². The Labute approximate surface area is 125 Å². The quantitative estimate of drug-likeness (QED) is 0.849. The number of halogens is 1. The van der Waals surface area contributed by atoms with E-state index < -0.39 is 6.04 Å². The molecule has 0 spiro atoms. The topological polar surface area (TPSA) is 64.4 Å². The number of rotatable bonds is 5. The van der Waals surface area contributed by atoms with Crippen molar-refractivity contribution in [2.45, 2.75) is 19.5 Å². The van der Waals surface area contributed by atoms with E-state index >= 15 is 0 Å². The van der Waals surface area contributed by atoms with Crippen LogP contribution in [0.2, 0.25) is 0 Å². The SMILES string of the molecule is COC(=O)C(NCc1ncc(C)o1)c1ccc(Br)cc1. The molecule has 2 aromatic rings. The fourth-order valence-corrected chi connectivity index (χ4v) is 2.05. The number of nitrogens with zero attached hydrogens (tertiary/aromatic N) is 1. The summed E-state index contributed by atoms with van der Waals surface area (Å²) in [6.45, 7) is 2.17. The molecule has 1 atom stereocenters. The van der Waals surface area contributed by atoms with Crippen molar-refractivity contribution in [2.75, 3.05) is 7.11 Å². The lowest BCUT2D eigenvalue weighted by Crippen LogP contribution is -2.29. The maximum Gasteiger partial charge on any atom is 0.327 e. The number of carbonyl (C=O) groups is 1. The van der Waals surface area contributed by atoms with Crippen LogP contribution in [0, 0.1) is 6.92 Å². The molecule has 0 saturated heterocycles. The summed E-state index contributed by atoms with van der Waals surface area (Å²) in [5.41, 5.74) is 0.823. The van der Waals surface area contributed by atoms with Crippen LogP contribution < -0.4 is 5.32 Å². The molecule has 20 heavy (non-hydrogen) atoms. The highest BCUT2D eigenvalue weighted by molar-refractivity contribution is 9.10. The number of aromatic nitrogens is 1. The lowest BCUT2D eigenvalue weighted by atomic mass is 10.1. The van der Waals surface area contributed by atoms with Crippen LogP contribution >= 0.6 is 15.9 Å². The molecule has 0 aliphatic heterocycles. The Morgan fingerprint density at radius 3 is 2.70 bits per heavy atom. The second-order valence-electron chi connectivity index (χ2n) is 4.25. The van der Waals surface area contributed by atoms with Gasteiger partial charge in [-0.3, -0.25) is 5.32 Å². The number of aryl methyl sites for hydroxylation is 1. The normalized spacial score (nSPS) is 12.2. The van der Waals surface area contributed by atoms with Gasteiger partial charge >= 0.3 is 5.97 Å². The van der Waals surface area contributed by atoms with Gasteiger partial charge in [-0.1, -0.05) is 28.1 Å². The summed E-state index contributed by atoms with van der Waals surface area (Å²) in [4.78, 5) is 16.0. The molecule has 5 nitrogen and oxygen atoms in total. The molecular weight excluding hydrogens is 324 g/mol. The molecule has 0 saturated carbocycles. The average Bonchev–Trinajstić information content (AvgIpc) is 2.86. The van der Waals surface area contributed by atoms with E-state index in [0.717, 1.165) is 15.8 Å². The monoisotopic (exact) mass is 338 g/mol. The number of esters is 1. The highest BCUT2D eigenvalue weighted by Crippen LogP contribution is 2.18. The minimum atomic E-state index is -0.555. The first-order valence-electron chi connectivity index (χ1n) is 6.08. The first-order chi connectivity index (χ1) is 9.60. The smallest absolute Gasteiger partial charge is 0.327 e. The molecule has 0 radical (unpaired) electrons. The van der Waals surface area contributed by atoms with Crippen molar-refractivity contribution in [3.63, 3.8) is 0 Å². The van der Waals surface area contributed by atoms with Crippen molar-refractivity contribution in [2.24, 2.45) is 0 Å². The van der Waals surface area contributed by atoms with E-state index in [1.54, 1.807) is 6.20 Å². The summed E-state index contributed by atoms with van der Waals surface area (Å²) in [6.07, 6.45) is 1.64. The van der Waals surface area contributed by atoms with Crippen molar-refractivity contribution in [1.29, 1.82) is 0 Å². The van der Waals surface area contributed by atoms with Gasteiger partial charge in [-0.2, -0.15) is 0 Å². The van der Waals surface area contributed by atoms with Gasteiger partial charge in [0, 0.05) is 4.47 Å². The van der Waals surface area contributed by atoms with Gasteiger partial charge in [0.1, 0.15) is 11.8 Å². The van der Waals surface area contributed by atoms with Gasteiger partial charge in [-0.25, -0.2) is 9.78 Å². The van der Waals surface area contributed by atoms with Crippen LogP contribution in [0.4, 0.5) is 0 Å². The van der Waals surface area contributed by atoms with E-state index in [1.807, 2.05) is 31.2 Å². The Balaban J connectivity index is 2.11. The fraction of sp³-hybridized carbons (Fsp3) is 0.286. The zero-order valence-corrected chi connectivity index (χ0v) is 12.8. The van der Waals surface area contributed by atoms with Crippen LogP contribution in [0.1, 0.15) is 23.3 Å². The van der Waals surface area contributed by atoms with E-state index in [0.29, 0.717) is 12.4 Å².